The smallest absolute Gasteiger partial charge is 1.00 e. The fourth-order valence-corrected chi connectivity index (χ4v) is 4.30. The molecule has 4 rings (SSSR count). The normalized spacial score (nSPS) is 18.1. The van der Waals surface area contributed by atoms with Crippen LogP contribution in [0.3, 0.4) is 0 Å². The first-order valence-corrected chi connectivity index (χ1v) is 9.67. The molecule has 0 aliphatic heterocycles. The van der Waals surface area contributed by atoms with Crippen LogP contribution < -0.4 is 24.8 Å². The van der Waals surface area contributed by atoms with Crippen molar-refractivity contribution in [2.75, 3.05) is 0 Å². The van der Waals surface area contributed by atoms with E-state index < -0.39 is 0 Å². The standard InChI is InChI=1S/C25H27.2ClH.Zr/c1-19(13-14-23-18-17-21-9-3-5-12-25(21)23)7-6-10-22-16-15-20-8-2-4-11-24(20)22;;;/h2-5,8-9,11-12,15-18,22-23H,6-7,10,13-14H2,1H3;2*1H;/q-1;;;+3/p-2. The molecule has 1 radical (unpaired) electrons. The van der Waals surface area contributed by atoms with Crippen LogP contribution in [0.25, 0.3) is 12.2 Å². The number of allylic oxidation sites excluding steroid dienone is 2. The Morgan fingerprint density at radius 2 is 1.21 bits per heavy atom. The SMILES string of the molecule is C[C-](CCCC1C=Cc2ccccc21)CCC1C=Cc2ccccc21.[Cl-].[Cl-].[Zr+3]. The molecular weight excluding hydrogens is 462 g/mol. The van der Waals surface area contributed by atoms with Crippen molar-refractivity contribution >= 4 is 12.2 Å². The van der Waals surface area contributed by atoms with E-state index in [9.17, 15) is 0 Å². The van der Waals surface area contributed by atoms with Crippen molar-refractivity contribution in [1.29, 1.82) is 0 Å². The predicted molar refractivity (Wildman–Crippen MR) is 108 cm³/mol. The number of benzene rings is 2. The van der Waals surface area contributed by atoms with Crippen LogP contribution in [0, 0.1) is 5.92 Å². The van der Waals surface area contributed by atoms with Gasteiger partial charge in [-0.25, -0.2) is 0 Å². The molecule has 0 heterocycles. The molecule has 0 amide bonds. The summed E-state index contributed by atoms with van der Waals surface area (Å²) in [6.45, 7) is 2.35. The maximum absolute atomic E-state index is 2.39. The van der Waals surface area contributed by atoms with Gasteiger partial charge in [-0.3, -0.25) is 0 Å². The molecular formula is C25H27Cl2Zr. The Kier molecular flexibility index (Phi) is 11.0. The third-order valence-corrected chi connectivity index (χ3v) is 5.81. The minimum atomic E-state index is 0. The van der Waals surface area contributed by atoms with E-state index >= 15 is 0 Å². The van der Waals surface area contributed by atoms with E-state index in [2.05, 4.69) is 79.8 Å². The van der Waals surface area contributed by atoms with Gasteiger partial charge in [0.1, 0.15) is 0 Å². The number of fused-ring (bicyclic) bond motifs is 2. The van der Waals surface area contributed by atoms with E-state index in [1.54, 1.807) is 5.92 Å². The molecule has 2 aliphatic carbocycles. The molecule has 2 aliphatic rings. The zero-order chi connectivity index (χ0) is 17.1. The fourth-order valence-electron chi connectivity index (χ4n) is 4.30. The second-order valence-corrected chi connectivity index (χ2v) is 7.58. The van der Waals surface area contributed by atoms with Gasteiger partial charge in [0, 0.05) is 11.8 Å². The van der Waals surface area contributed by atoms with Gasteiger partial charge < -0.3 is 30.7 Å². The molecule has 2 aromatic rings. The second-order valence-electron chi connectivity index (χ2n) is 7.58. The molecule has 0 fully saturated rings. The van der Waals surface area contributed by atoms with Crippen molar-refractivity contribution in [3.05, 3.63) is 88.9 Å². The number of halogens is 2. The molecule has 145 valence electrons. The molecule has 28 heavy (non-hydrogen) atoms. The van der Waals surface area contributed by atoms with Gasteiger partial charge >= 0.3 is 26.2 Å². The van der Waals surface area contributed by atoms with Gasteiger partial charge in [0.2, 0.25) is 0 Å². The molecule has 2 aromatic carbocycles. The predicted octanol–water partition coefficient (Wildman–Crippen LogP) is 1.16. The Morgan fingerprint density at radius 3 is 1.79 bits per heavy atom. The van der Waals surface area contributed by atoms with E-state index in [1.165, 1.54) is 54.4 Å². The van der Waals surface area contributed by atoms with Crippen LogP contribution >= 0.6 is 0 Å². The van der Waals surface area contributed by atoms with E-state index in [-0.39, 0.29) is 51.0 Å². The fraction of sp³-hybridized carbons (Fsp3) is 0.320. The van der Waals surface area contributed by atoms with Gasteiger partial charge in [0.25, 0.3) is 0 Å². The van der Waals surface area contributed by atoms with Gasteiger partial charge in [-0.1, -0.05) is 85.7 Å². The Morgan fingerprint density at radius 1 is 0.714 bits per heavy atom. The third kappa shape index (κ3) is 5.95. The van der Waals surface area contributed by atoms with Crippen molar-refractivity contribution in [3.63, 3.8) is 0 Å². The Balaban J connectivity index is 0.00000131. The Labute approximate surface area is 201 Å². The molecule has 0 spiro atoms. The summed E-state index contributed by atoms with van der Waals surface area (Å²) in [6, 6.07) is 17.7. The summed E-state index contributed by atoms with van der Waals surface area (Å²) in [4.78, 5) is 0. The average Bonchev–Trinajstić information content (AvgIpc) is 3.24. The van der Waals surface area contributed by atoms with Crippen molar-refractivity contribution in [2.45, 2.75) is 50.9 Å². The molecule has 0 aromatic heterocycles. The zero-order valence-corrected chi connectivity index (χ0v) is 20.3. The Hall–Kier alpha value is -0.617. The van der Waals surface area contributed by atoms with Gasteiger partial charge in [0.15, 0.2) is 0 Å². The van der Waals surface area contributed by atoms with E-state index in [0.717, 1.165) is 0 Å². The van der Waals surface area contributed by atoms with Crippen molar-refractivity contribution in [2.24, 2.45) is 0 Å². The summed E-state index contributed by atoms with van der Waals surface area (Å²) in [5.41, 5.74) is 5.87. The Bertz CT molecular complexity index is 797. The maximum atomic E-state index is 2.39. The number of hydrogen-bond acceptors (Lipinski definition) is 0. The largest absolute Gasteiger partial charge is 3.00 e. The first kappa shape index (κ1) is 25.4. The first-order chi connectivity index (χ1) is 12.3. The summed E-state index contributed by atoms with van der Waals surface area (Å²) in [5.74, 6) is 2.91. The minimum Gasteiger partial charge on any atom is -1.00 e. The van der Waals surface area contributed by atoms with Gasteiger partial charge in [-0.2, -0.15) is 19.8 Å². The van der Waals surface area contributed by atoms with E-state index in [1.807, 2.05) is 0 Å². The quantitative estimate of drug-likeness (QED) is 0.513. The summed E-state index contributed by atoms with van der Waals surface area (Å²) >= 11 is 0. The van der Waals surface area contributed by atoms with Crippen LogP contribution in [0.15, 0.2) is 60.7 Å². The monoisotopic (exact) mass is 487 g/mol. The van der Waals surface area contributed by atoms with Crippen LogP contribution in [0.4, 0.5) is 0 Å². The minimum absolute atomic E-state index is 0. The van der Waals surface area contributed by atoms with Gasteiger partial charge in [-0.15, -0.1) is 0 Å². The van der Waals surface area contributed by atoms with Crippen molar-refractivity contribution in [1.82, 2.24) is 0 Å². The summed E-state index contributed by atoms with van der Waals surface area (Å²) in [6.07, 6.45) is 15.7. The third-order valence-electron chi connectivity index (χ3n) is 5.81. The van der Waals surface area contributed by atoms with Crippen molar-refractivity contribution in [3.8, 4) is 0 Å². The summed E-state index contributed by atoms with van der Waals surface area (Å²) in [5, 5.41) is 0. The van der Waals surface area contributed by atoms with Crippen LogP contribution in [-0.2, 0) is 26.2 Å². The van der Waals surface area contributed by atoms with Crippen molar-refractivity contribution < 1.29 is 51.0 Å². The molecule has 0 saturated carbocycles. The first-order valence-electron chi connectivity index (χ1n) is 9.67. The molecule has 3 heteroatoms. The van der Waals surface area contributed by atoms with Crippen LogP contribution in [-0.4, -0.2) is 0 Å². The molecule has 2 unspecified atom stereocenters. The molecule has 0 bridgehead atoms. The topological polar surface area (TPSA) is 0 Å². The molecule has 0 saturated heterocycles. The van der Waals surface area contributed by atoms with E-state index in [0.29, 0.717) is 11.8 Å². The molecule has 2 atom stereocenters. The number of rotatable bonds is 7. The van der Waals surface area contributed by atoms with Crippen LogP contribution in [0.2, 0.25) is 0 Å². The second kappa shape index (κ2) is 12.2. The van der Waals surface area contributed by atoms with Crippen LogP contribution in [0.5, 0.6) is 0 Å². The van der Waals surface area contributed by atoms with E-state index in [4.69, 9.17) is 0 Å². The maximum Gasteiger partial charge on any atom is 3.00 e. The zero-order valence-electron chi connectivity index (χ0n) is 16.4. The van der Waals surface area contributed by atoms with Gasteiger partial charge in [-0.05, 0) is 28.7 Å². The summed E-state index contributed by atoms with van der Waals surface area (Å²) in [7, 11) is 0. The summed E-state index contributed by atoms with van der Waals surface area (Å²) < 4.78 is 0. The molecule has 0 nitrogen and oxygen atoms in total. The number of hydrogen-bond donors (Lipinski definition) is 0. The average molecular weight is 490 g/mol. The van der Waals surface area contributed by atoms with Gasteiger partial charge in [0.05, 0.1) is 0 Å². The molecule has 0 N–H and O–H groups in total. The van der Waals surface area contributed by atoms with Crippen LogP contribution in [0.1, 0.15) is 73.1 Å².